The van der Waals surface area contributed by atoms with Gasteiger partial charge in [-0.25, -0.2) is 0 Å². The third-order valence-electron chi connectivity index (χ3n) is 2.57. The molecule has 2 aromatic rings. The van der Waals surface area contributed by atoms with E-state index < -0.39 is 0 Å². The lowest BCUT2D eigenvalue weighted by atomic mass is 10.2. The van der Waals surface area contributed by atoms with E-state index in [0.717, 1.165) is 11.3 Å². The Kier molecular flexibility index (Phi) is 3.31. The van der Waals surface area contributed by atoms with E-state index in [2.05, 4.69) is 25.7 Å². The van der Waals surface area contributed by atoms with Crippen molar-refractivity contribution >= 4 is 17.6 Å². The van der Waals surface area contributed by atoms with E-state index in [-0.39, 0.29) is 5.95 Å². The Morgan fingerprint density at radius 2 is 2.06 bits per heavy atom. The van der Waals surface area contributed by atoms with Crippen LogP contribution in [0.4, 0.5) is 17.6 Å². The zero-order chi connectivity index (χ0) is 13.1. The van der Waals surface area contributed by atoms with Gasteiger partial charge in [0, 0.05) is 38.5 Å². The molecule has 0 atom stereocenters. The number of nitrogen functional groups attached to an aromatic ring is 1. The van der Waals surface area contributed by atoms with E-state index in [1.807, 2.05) is 26.2 Å². The number of nitrogens with zero attached hydrogens (tertiary/aromatic N) is 4. The molecule has 7 heteroatoms. The maximum Gasteiger partial charge on any atom is 0.223 e. The Labute approximate surface area is 105 Å². The Bertz CT molecular complexity index is 546. The monoisotopic (exact) mass is 247 g/mol. The molecule has 0 amide bonds. The van der Waals surface area contributed by atoms with Gasteiger partial charge in [-0.05, 0) is 6.92 Å². The van der Waals surface area contributed by atoms with Crippen LogP contribution in [0, 0.1) is 6.92 Å². The van der Waals surface area contributed by atoms with Crippen LogP contribution in [0.2, 0.25) is 0 Å². The maximum atomic E-state index is 5.62. The van der Waals surface area contributed by atoms with Crippen molar-refractivity contribution in [2.45, 2.75) is 13.5 Å². The summed E-state index contributed by atoms with van der Waals surface area (Å²) in [6.45, 7) is 2.63. The van der Waals surface area contributed by atoms with Gasteiger partial charge in [0.05, 0.1) is 5.69 Å². The average Bonchev–Trinajstić information content (AvgIpc) is 2.64. The quantitative estimate of drug-likeness (QED) is 0.738. The number of aryl methyl sites for hydroxylation is 2. The van der Waals surface area contributed by atoms with E-state index in [9.17, 15) is 0 Å². The van der Waals surface area contributed by atoms with Gasteiger partial charge < -0.3 is 16.4 Å². The normalized spacial score (nSPS) is 10.4. The fraction of sp³-hybridized carbons (Fsp3) is 0.364. The number of rotatable bonds is 4. The molecule has 0 aliphatic carbocycles. The minimum atomic E-state index is 0.243. The summed E-state index contributed by atoms with van der Waals surface area (Å²) in [6.07, 6.45) is 1.98. The van der Waals surface area contributed by atoms with Gasteiger partial charge in [0.1, 0.15) is 11.6 Å². The van der Waals surface area contributed by atoms with Crippen molar-refractivity contribution in [1.82, 2.24) is 19.7 Å². The largest absolute Gasteiger partial charge is 0.373 e. The van der Waals surface area contributed by atoms with Gasteiger partial charge in [-0.15, -0.1) is 0 Å². The van der Waals surface area contributed by atoms with Crippen molar-refractivity contribution in [3.05, 3.63) is 23.5 Å². The van der Waals surface area contributed by atoms with Crippen LogP contribution in [-0.4, -0.2) is 26.8 Å². The zero-order valence-electron chi connectivity index (χ0n) is 10.7. The van der Waals surface area contributed by atoms with Gasteiger partial charge >= 0.3 is 0 Å². The van der Waals surface area contributed by atoms with Gasteiger partial charge in [-0.1, -0.05) is 0 Å². The van der Waals surface area contributed by atoms with E-state index in [4.69, 9.17) is 5.73 Å². The molecule has 0 bridgehead atoms. The second-order valence-electron chi connectivity index (χ2n) is 4.01. The molecule has 0 spiro atoms. The summed E-state index contributed by atoms with van der Waals surface area (Å²) in [5, 5.41) is 10.4. The van der Waals surface area contributed by atoms with E-state index >= 15 is 0 Å². The molecule has 0 aromatic carbocycles. The van der Waals surface area contributed by atoms with Crippen molar-refractivity contribution in [2.75, 3.05) is 23.4 Å². The predicted molar refractivity (Wildman–Crippen MR) is 71.3 cm³/mol. The van der Waals surface area contributed by atoms with Crippen LogP contribution in [0.1, 0.15) is 11.3 Å². The van der Waals surface area contributed by atoms with Crippen LogP contribution in [0.15, 0.2) is 12.3 Å². The molecule has 0 unspecified atom stereocenters. The molecule has 0 aliphatic heterocycles. The Morgan fingerprint density at radius 3 is 2.67 bits per heavy atom. The first-order chi connectivity index (χ1) is 8.58. The molecule has 4 N–H and O–H groups in total. The van der Waals surface area contributed by atoms with Crippen molar-refractivity contribution < 1.29 is 0 Å². The highest BCUT2D eigenvalue weighted by Crippen LogP contribution is 2.13. The van der Waals surface area contributed by atoms with Crippen LogP contribution >= 0.6 is 0 Å². The van der Waals surface area contributed by atoms with Gasteiger partial charge in [0.15, 0.2) is 0 Å². The third kappa shape index (κ3) is 2.68. The Morgan fingerprint density at radius 1 is 1.33 bits per heavy atom. The summed E-state index contributed by atoms with van der Waals surface area (Å²) >= 11 is 0. The van der Waals surface area contributed by atoms with Crippen molar-refractivity contribution in [1.29, 1.82) is 0 Å². The highest BCUT2D eigenvalue weighted by atomic mass is 15.3. The van der Waals surface area contributed by atoms with E-state index in [0.29, 0.717) is 18.2 Å². The average molecular weight is 247 g/mol. The molecule has 0 aliphatic rings. The molecule has 2 aromatic heterocycles. The topological polar surface area (TPSA) is 93.7 Å². The first kappa shape index (κ1) is 12.2. The number of aromatic nitrogens is 4. The summed E-state index contributed by atoms with van der Waals surface area (Å²) in [7, 11) is 3.69. The van der Waals surface area contributed by atoms with Gasteiger partial charge in [-0.2, -0.15) is 15.1 Å². The molecule has 0 fully saturated rings. The highest BCUT2D eigenvalue weighted by molar-refractivity contribution is 5.50. The summed E-state index contributed by atoms with van der Waals surface area (Å²) in [5.74, 6) is 1.62. The van der Waals surface area contributed by atoms with Gasteiger partial charge in [0.2, 0.25) is 5.95 Å². The number of nitrogens with two attached hydrogens (primary N) is 1. The minimum absolute atomic E-state index is 0.243. The number of hydrogen-bond acceptors (Lipinski definition) is 6. The minimum Gasteiger partial charge on any atom is -0.373 e. The molecule has 18 heavy (non-hydrogen) atoms. The summed E-state index contributed by atoms with van der Waals surface area (Å²) in [6, 6.07) is 1.81. The molecular weight excluding hydrogens is 230 g/mol. The fourth-order valence-corrected chi connectivity index (χ4v) is 1.69. The lowest BCUT2D eigenvalue weighted by Crippen LogP contribution is -2.06. The highest BCUT2D eigenvalue weighted by Gasteiger charge is 2.05. The number of hydrogen-bond donors (Lipinski definition) is 3. The summed E-state index contributed by atoms with van der Waals surface area (Å²) < 4.78 is 1.79. The molecule has 0 saturated heterocycles. The van der Waals surface area contributed by atoms with E-state index in [1.165, 1.54) is 0 Å². The van der Waals surface area contributed by atoms with Crippen LogP contribution in [0.25, 0.3) is 0 Å². The lowest BCUT2D eigenvalue weighted by molar-refractivity contribution is 0.756. The van der Waals surface area contributed by atoms with E-state index in [1.54, 1.807) is 11.7 Å². The first-order valence-corrected chi connectivity index (χ1v) is 5.64. The van der Waals surface area contributed by atoms with Crippen LogP contribution < -0.4 is 16.4 Å². The SMILES string of the molecule is CNc1cc(NCc2cn(C)nc2C)nc(N)n1. The van der Waals surface area contributed by atoms with Gasteiger partial charge in [-0.3, -0.25) is 4.68 Å². The summed E-state index contributed by atoms with van der Waals surface area (Å²) in [5.41, 5.74) is 7.75. The Hall–Kier alpha value is -2.31. The molecule has 0 radical (unpaired) electrons. The number of anilines is 3. The summed E-state index contributed by atoms with van der Waals surface area (Å²) in [4.78, 5) is 8.15. The molecule has 0 saturated carbocycles. The van der Waals surface area contributed by atoms with Crippen LogP contribution in [0.3, 0.4) is 0 Å². The van der Waals surface area contributed by atoms with Crippen LogP contribution in [0.5, 0.6) is 0 Å². The van der Waals surface area contributed by atoms with Crippen molar-refractivity contribution in [3.8, 4) is 0 Å². The molecule has 2 rings (SSSR count). The second kappa shape index (κ2) is 4.91. The third-order valence-corrected chi connectivity index (χ3v) is 2.57. The second-order valence-corrected chi connectivity index (χ2v) is 4.01. The maximum absolute atomic E-state index is 5.62. The standard InChI is InChI=1S/C11H17N7/c1-7-8(6-18(3)17-7)5-14-10-4-9(13-2)15-11(12)16-10/h4,6H,5H2,1-3H3,(H4,12,13,14,15,16). The smallest absolute Gasteiger partial charge is 0.223 e. The number of nitrogens with one attached hydrogen (secondary N) is 2. The predicted octanol–water partition coefficient (Wildman–Crippen LogP) is 0.755. The molecule has 96 valence electrons. The lowest BCUT2D eigenvalue weighted by Gasteiger charge is -2.07. The van der Waals surface area contributed by atoms with Crippen molar-refractivity contribution in [3.63, 3.8) is 0 Å². The van der Waals surface area contributed by atoms with Crippen molar-refractivity contribution in [2.24, 2.45) is 7.05 Å². The zero-order valence-corrected chi connectivity index (χ0v) is 10.7. The molecule has 2 heterocycles. The molecular formula is C11H17N7. The fourth-order valence-electron chi connectivity index (χ4n) is 1.69. The molecule has 7 nitrogen and oxygen atoms in total. The van der Waals surface area contributed by atoms with Crippen LogP contribution in [-0.2, 0) is 13.6 Å². The Balaban J connectivity index is 2.10. The van der Waals surface area contributed by atoms with Gasteiger partial charge in [0.25, 0.3) is 0 Å². The first-order valence-electron chi connectivity index (χ1n) is 5.64.